The van der Waals surface area contributed by atoms with Gasteiger partial charge in [0.1, 0.15) is 6.61 Å². The van der Waals surface area contributed by atoms with E-state index in [4.69, 9.17) is 5.11 Å². The third kappa shape index (κ3) is 3.07. The first-order valence-corrected chi connectivity index (χ1v) is 3.81. The van der Waals surface area contributed by atoms with Gasteiger partial charge in [-0.05, 0) is 19.3 Å². The van der Waals surface area contributed by atoms with E-state index in [0.29, 0.717) is 12.5 Å². The summed E-state index contributed by atoms with van der Waals surface area (Å²) in [6, 6.07) is 0. The highest BCUT2D eigenvalue weighted by Crippen LogP contribution is 2.16. The number of ether oxygens (including phenoxy) is 1. The largest absolute Gasteiger partial charge is 0.505 e. The molecule has 1 aliphatic carbocycles. The number of allylic oxidation sites excluding steroid dienone is 1. The van der Waals surface area contributed by atoms with Gasteiger partial charge in [-0.1, -0.05) is 12.2 Å². The molecule has 1 unspecified atom stereocenters. The molecule has 1 rings (SSSR count). The lowest BCUT2D eigenvalue weighted by Crippen LogP contribution is -2.12. The van der Waals surface area contributed by atoms with Crippen LogP contribution in [-0.2, 0) is 4.74 Å². The topological polar surface area (TPSA) is 46.5 Å². The summed E-state index contributed by atoms with van der Waals surface area (Å²) < 4.78 is 4.45. The Morgan fingerprint density at radius 2 is 2.55 bits per heavy atom. The van der Waals surface area contributed by atoms with Crippen LogP contribution < -0.4 is 0 Å². The molecule has 0 saturated heterocycles. The summed E-state index contributed by atoms with van der Waals surface area (Å²) in [5.74, 6) is 0.305. The zero-order valence-electron chi connectivity index (χ0n) is 6.32. The first-order chi connectivity index (χ1) is 5.29. The van der Waals surface area contributed by atoms with Gasteiger partial charge in [0.15, 0.2) is 0 Å². The molecule has 0 aromatic heterocycles. The minimum absolute atomic E-state index is 0.305. The van der Waals surface area contributed by atoms with E-state index in [0.717, 1.165) is 19.3 Å². The third-order valence-electron chi connectivity index (χ3n) is 1.77. The molecule has 1 N–H and O–H groups in total. The number of carbonyl (C=O) groups is 1. The van der Waals surface area contributed by atoms with Crippen LogP contribution in [0, 0.1) is 5.92 Å². The van der Waals surface area contributed by atoms with Gasteiger partial charge in [-0.2, -0.15) is 0 Å². The monoisotopic (exact) mass is 156 g/mol. The number of carboxylic acid groups (broad SMARTS) is 1. The SMILES string of the molecule is O=C(O)OCC1C=CCCC1. The van der Waals surface area contributed by atoms with Gasteiger partial charge < -0.3 is 9.84 Å². The van der Waals surface area contributed by atoms with Crippen molar-refractivity contribution < 1.29 is 14.6 Å². The second kappa shape index (κ2) is 4.01. The molecule has 0 fully saturated rings. The van der Waals surface area contributed by atoms with E-state index >= 15 is 0 Å². The lowest BCUT2D eigenvalue weighted by atomic mass is 9.97. The van der Waals surface area contributed by atoms with Crippen molar-refractivity contribution in [3.8, 4) is 0 Å². The van der Waals surface area contributed by atoms with Crippen molar-refractivity contribution in [2.45, 2.75) is 19.3 Å². The summed E-state index contributed by atoms with van der Waals surface area (Å²) in [6.07, 6.45) is 6.24. The van der Waals surface area contributed by atoms with Crippen LogP contribution in [0.1, 0.15) is 19.3 Å². The molecule has 3 nitrogen and oxygen atoms in total. The molecular weight excluding hydrogens is 144 g/mol. The third-order valence-corrected chi connectivity index (χ3v) is 1.77. The summed E-state index contributed by atoms with van der Waals surface area (Å²) in [4.78, 5) is 10.00. The minimum Gasteiger partial charge on any atom is -0.450 e. The normalized spacial score (nSPS) is 23.1. The van der Waals surface area contributed by atoms with Crippen molar-refractivity contribution in [2.24, 2.45) is 5.92 Å². The van der Waals surface area contributed by atoms with Gasteiger partial charge in [0.2, 0.25) is 0 Å². The van der Waals surface area contributed by atoms with Crippen LogP contribution in [0.2, 0.25) is 0 Å². The van der Waals surface area contributed by atoms with Crippen molar-refractivity contribution in [3.05, 3.63) is 12.2 Å². The zero-order valence-corrected chi connectivity index (χ0v) is 6.32. The molecule has 0 heterocycles. The second-order valence-corrected chi connectivity index (χ2v) is 2.70. The molecule has 62 valence electrons. The van der Waals surface area contributed by atoms with E-state index in [2.05, 4.69) is 10.8 Å². The molecule has 0 amide bonds. The van der Waals surface area contributed by atoms with Crippen molar-refractivity contribution in [2.75, 3.05) is 6.61 Å². The molecule has 3 heteroatoms. The van der Waals surface area contributed by atoms with Gasteiger partial charge in [-0.3, -0.25) is 0 Å². The predicted octanol–water partition coefficient (Wildman–Crippen LogP) is 2.04. The van der Waals surface area contributed by atoms with Crippen LogP contribution in [0.5, 0.6) is 0 Å². The van der Waals surface area contributed by atoms with Crippen LogP contribution in [0.3, 0.4) is 0 Å². The molecule has 0 aliphatic heterocycles. The van der Waals surface area contributed by atoms with Crippen LogP contribution in [-0.4, -0.2) is 17.9 Å². The lowest BCUT2D eigenvalue weighted by Gasteiger charge is -2.14. The lowest BCUT2D eigenvalue weighted by molar-refractivity contribution is 0.0809. The maximum absolute atomic E-state index is 10.00. The first-order valence-electron chi connectivity index (χ1n) is 3.81. The Labute approximate surface area is 65.7 Å². The highest BCUT2D eigenvalue weighted by atomic mass is 16.7. The van der Waals surface area contributed by atoms with Crippen LogP contribution in [0.4, 0.5) is 4.79 Å². The Hall–Kier alpha value is -0.990. The Bertz CT molecular complexity index is 163. The Kier molecular flexibility index (Phi) is 2.95. The van der Waals surface area contributed by atoms with Crippen molar-refractivity contribution in [1.82, 2.24) is 0 Å². The van der Waals surface area contributed by atoms with E-state index in [1.807, 2.05) is 6.08 Å². The minimum atomic E-state index is -1.18. The quantitative estimate of drug-likeness (QED) is 0.491. The van der Waals surface area contributed by atoms with Gasteiger partial charge in [0.05, 0.1) is 0 Å². The molecule has 0 bridgehead atoms. The van der Waals surface area contributed by atoms with E-state index in [1.54, 1.807) is 0 Å². The molecule has 1 atom stereocenters. The molecule has 0 aromatic rings. The second-order valence-electron chi connectivity index (χ2n) is 2.70. The summed E-state index contributed by atoms with van der Waals surface area (Å²) in [5, 5.41) is 8.20. The highest BCUT2D eigenvalue weighted by molar-refractivity contribution is 5.56. The van der Waals surface area contributed by atoms with Gasteiger partial charge in [-0.25, -0.2) is 4.79 Å². The van der Waals surface area contributed by atoms with Gasteiger partial charge in [-0.15, -0.1) is 0 Å². The zero-order chi connectivity index (χ0) is 8.10. The first kappa shape index (κ1) is 8.11. The maximum atomic E-state index is 10.00. The van der Waals surface area contributed by atoms with Crippen molar-refractivity contribution in [1.29, 1.82) is 0 Å². The molecule has 11 heavy (non-hydrogen) atoms. The smallest absolute Gasteiger partial charge is 0.450 e. The molecule has 0 aromatic carbocycles. The summed E-state index contributed by atoms with van der Waals surface area (Å²) in [7, 11) is 0. The van der Waals surface area contributed by atoms with Gasteiger partial charge >= 0.3 is 6.16 Å². The highest BCUT2D eigenvalue weighted by Gasteiger charge is 2.09. The average Bonchev–Trinajstić information content (AvgIpc) is 2.03. The standard InChI is InChI=1S/C8H12O3/c9-8(10)11-6-7-4-2-1-3-5-7/h2,4,7H,1,3,5-6H2,(H,9,10). The number of hydrogen-bond donors (Lipinski definition) is 1. The van der Waals surface area contributed by atoms with Crippen LogP contribution in [0.25, 0.3) is 0 Å². The fraction of sp³-hybridized carbons (Fsp3) is 0.625. The summed E-state index contributed by atoms with van der Waals surface area (Å²) in [6.45, 7) is 0.311. The van der Waals surface area contributed by atoms with E-state index in [-0.39, 0.29) is 0 Å². The Balaban J connectivity index is 2.20. The predicted molar refractivity (Wildman–Crippen MR) is 40.5 cm³/mol. The molecular formula is C8H12O3. The Morgan fingerprint density at radius 3 is 3.09 bits per heavy atom. The van der Waals surface area contributed by atoms with Gasteiger partial charge in [0, 0.05) is 5.92 Å². The fourth-order valence-electron chi connectivity index (χ4n) is 1.20. The van der Waals surface area contributed by atoms with Crippen molar-refractivity contribution in [3.63, 3.8) is 0 Å². The summed E-state index contributed by atoms with van der Waals surface area (Å²) >= 11 is 0. The van der Waals surface area contributed by atoms with Crippen LogP contribution >= 0.6 is 0 Å². The average molecular weight is 156 g/mol. The Morgan fingerprint density at radius 1 is 1.73 bits per heavy atom. The number of rotatable bonds is 2. The maximum Gasteiger partial charge on any atom is 0.505 e. The number of hydrogen-bond acceptors (Lipinski definition) is 2. The fourth-order valence-corrected chi connectivity index (χ4v) is 1.20. The van der Waals surface area contributed by atoms with E-state index < -0.39 is 6.16 Å². The molecule has 0 spiro atoms. The molecule has 0 radical (unpaired) electrons. The molecule has 1 aliphatic rings. The molecule has 0 saturated carbocycles. The van der Waals surface area contributed by atoms with E-state index in [9.17, 15) is 4.79 Å². The summed E-state index contributed by atoms with van der Waals surface area (Å²) in [5.41, 5.74) is 0. The van der Waals surface area contributed by atoms with E-state index in [1.165, 1.54) is 0 Å². The van der Waals surface area contributed by atoms with Crippen LogP contribution in [0.15, 0.2) is 12.2 Å². The van der Waals surface area contributed by atoms with Gasteiger partial charge in [0.25, 0.3) is 0 Å². The van der Waals surface area contributed by atoms with Crippen molar-refractivity contribution >= 4 is 6.16 Å².